The van der Waals surface area contributed by atoms with E-state index in [4.69, 9.17) is 16.1 Å². The second-order valence-corrected chi connectivity index (χ2v) is 7.44. The number of hydrogen-bond donors (Lipinski definition) is 1. The number of rotatable bonds is 6. The largest absolute Gasteiger partial charge is 0.354 e. The van der Waals surface area contributed by atoms with Gasteiger partial charge in [0.15, 0.2) is 11.5 Å². The van der Waals surface area contributed by atoms with Crippen molar-refractivity contribution < 1.29 is 9.32 Å². The van der Waals surface area contributed by atoms with Crippen LogP contribution in [-0.2, 0) is 12.5 Å². The van der Waals surface area contributed by atoms with E-state index in [1.165, 1.54) is 0 Å². The molecule has 0 aliphatic carbocycles. The van der Waals surface area contributed by atoms with Crippen molar-refractivity contribution in [3.63, 3.8) is 0 Å². The summed E-state index contributed by atoms with van der Waals surface area (Å²) in [5.41, 5.74) is 1.74. The van der Waals surface area contributed by atoms with Crippen LogP contribution in [0.25, 0.3) is 11.5 Å². The van der Waals surface area contributed by atoms with Gasteiger partial charge in [-0.15, -0.1) is 0 Å². The molecule has 1 N–H and O–H groups in total. The molecule has 0 spiro atoms. The third-order valence-corrected chi connectivity index (χ3v) is 5.10. The molecular formula is C21H19ClN6O2. The van der Waals surface area contributed by atoms with Crippen LogP contribution in [0, 0.1) is 0 Å². The molecular weight excluding hydrogens is 404 g/mol. The summed E-state index contributed by atoms with van der Waals surface area (Å²) in [4.78, 5) is 21.4. The lowest BCUT2D eigenvalue weighted by Gasteiger charge is -2.28. The van der Waals surface area contributed by atoms with Crippen molar-refractivity contribution >= 4 is 17.5 Å². The SMILES string of the molecule is Cn1cc(C(C)(CNC(=O)c2cc(-c3ccccn3)on2)c2cccc(Cl)n2)cn1. The number of pyridine rings is 2. The van der Waals surface area contributed by atoms with Crippen molar-refractivity contribution in [2.75, 3.05) is 6.54 Å². The minimum absolute atomic E-state index is 0.170. The number of halogens is 1. The first kappa shape index (κ1) is 19.8. The molecule has 1 atom stereocenters. The zero-order valence-corrected chi connectivity index (χ0v) is 17.2. The highest BCUT2D eigenvalue weighted by Crippen LogP contribution is 2.30. The number of nitrogens with zero attached hydrogens (tertiary/aromatic N) is 5. The van der Waals surface area contributed by atoms with Crippen molar-refractivity contribution in [2.45, 2.75) is 12.3 Å². The first-order valence-electron chi connectivity index (χ1n) is 9.24. The summed E-state index contributed by atoms with van der Waals surface area (Å²) >= 11 is 6.12. The minimum Gasteiger partial charge on any atom is -0.354 e. The van der Waals surface area contributed by atoms with Crippen molar-refractivity contribution in [1.82, 2.24) is 30.2 Å². The molecule has 0 saturated heterocycles. The Labute approximate surface area is 177 Å². The zero-order chi connectivity index (χ0) is 21.1. The Balaban J connectivity index is 1.57. The number of hydrogen-bond acceptors (Lipinski definition) is 6. The van der Waals surface area contributed by atoms with Crippen LogP contribution >= 0.6 is 11.6 Å². The van der Waals surface area contributed by atoms with Gasteiger partial charge in [0.1, 0.15) is 10.8 Å². The van der Waals surface area contributed by atoms with E-state index < -0.39 is 5.41 Å². The molecule has 0 aliphatic rings. The number of aryl methyl sites for hydroxylation is 1. The third kappa shape index (κ3) is 3.95. The first-order valence-corrected chi connectivity index (χ1v) is 9.62. The maximum atomic E-state index is 12.7. The number of nitrogens with one attached hydrogen (secondary N) is 1. The molecule has 30 heavy (non-hydrogen) atoms. The fourth-order valence-corrected chi connectivity index (χ4v) is 3.29. The van der Waals surface area contributed by atoms with E-state index in [9.17, 15) is 4.79 Å². The molecule has 4 aromatic rings. The summed E-state index contributed by atoms with van der Waals surface area (Å²) in [7, 11) is 1.84. The number of amides is 1. The maximum absolute atomic E-state index is 12.7. The van der Waals surface area contributed by atoms with Crippen molar-refractivity contribution in [3.8, 4) is 11.5 Å². The van der Waals surface area contributed by atoms with Crippen LogP contribution in [-0.4, -0.2) is 37.4 Å². The Morgan fingerprint density at radius 2 is 2.13 bits per heavy atom. The predicted octanol–water partition coefficient (Wildman–Crippen LogP) is 3.25. The summed E-state index contributed by atoms with van der Waals surface area (Å²) in [6, 6.07) is 12.4. The first-order chi connectivity index (χ1) is 14.5. The van der Waals surface area contributed by atoms with E-state index >= 15 is 0 Å². The monoisotopic (exact) mass is 422 g/mol. The van der Waals surface area contributed by atoms with Gasteiger partial charge in [0.25, 0.3) is 5.91 Å². The molecule has 0 bridgehead atoms. The maximum Gasteiger partial charge on any atom is 0.273 e. The van der Waals surface area contributed by atoms with Gasteiger partial charge < -0.3 is 9.84 Å². The third-order valence-electron chi connectivity index (χ3n) is 4.89. The quantitative estimate of drug-likeness (QED) is 0.479. The van der Waals surface area contributed by atoms with Crippen LogP contribution in [0.5, 0.6) is 0 Å². The number of carbonyl (C=O) groups excluding carboxylic acids is 1. The van der Waals surface area contributed by atoms with Gasteiger partial charge in [-0.2, -0.15) is 5.10 Å². The molecule has 0 saturated carbocycles. The van der Waals surface area contributed by atoms with E-state index in [0.717, 1.165) is 11.3 Å². The molecule has 0 aliphatic heterocycles. The second kappa shape index (κ2) is 8.08. The van der Waals surface area contributed by atoms with E-state index in [1.807, 2.05) is 38.4 Å². The normalized spacial score (nSPS) is 13.0. The van der Waals surface area contributed by atoms with E-state index in [2.05, 4.69) is 25.5 Å². The summed E-state index contributed by atoms with van der Waals surface area (Å²) in [5, 5.41) is 11.4. The fraction of sp³-hybridized carbons (Fsp3) is 0.190. The molecule has 4 heterocycles. The zero-order valence-electron chi connectivity index (χ0n) is 16.4. The van der Waals surface area contributed by atoms with Gasteiger partial charge >= 0.3 is 0 Å². The lowest BCUT2D eigenvalue weighted by molar-refractivity contribution is 0.0938. The average molecular weight is 423 g/mol. The van der Waals surface area contributed by atoms with E-state index in [-0.39, 0.29) is 18.1 Å². The topological polar surface area (TPSA) is 98.7 Å². The lowest BCUT2D eigenvalue weighted by Crippen LogP contribution is -2.40. The lowest BCUT2D eigenvalue weighted by atomic mass is 9.80. The van der Waals surface area contributed by atoms with Crippen molar-refractivity contribution in [2.24, 2.45) is 7.05 Å². The molecule has 0 fully saturated rings. The van der Waals surface area contributed by atoms with Gasteiger partial charge in [-0.05, 0) is 31.2 Å². The second-order valence-electron chi connectivity index (χ2n) is 7.05. The molecule has 4 rings (SSSR count). The molecule has 0 aromatic carbocycles. The van der Waals surface area contributed by atoms with E-state index in [0.29, 0.717) is 16.6 Å². The highest BCUT2D eigenvalue weighted by atomic mass is 35.5. The standard InChI is InChI=1S/C21H19ClN6O2/c1-21(14-11-25-28(2)12-14,18-7-5-8-19(22)26-18)13-24-20(29)16-10-17(30-27-16)15-6-3-4-9-23-15/h3-12H,13H2,1-2H3,(H,24,29). The van der Waals surface area contributed by atoms with Gasteiger partial charge in [-0.3, -0.25) is 14.5 Å². The van der Waals surface area contributed by atoms with Crippen LogP contribution < -0.4 is 5.32 Å². The van der Waals surface area contributed by atoms with Gasteiger partial charge in [0.2, 0.25) is 0 Å². The average Bonchev–Trinajstić information content (AvgIpc) is 3.42. The van der Waals surface area contributed by atoms with Gasteiger partial charge in [0.05, 0.1) is 17.3 Å². The Kier molecular flexibility index (Phi) is 5.33. The van der Waals surface area contributed by atoms with Crippen LogP contribution in [0.3, 0.4) is 0 Å². The molecule has 0 radical (unpaired) electrons. The van der Waals surface area contributed by atoms with Crippen LogP contribution in [0.4, 0.5) is 0 Å². The van der Waals surface area contributed by atoms with Gasteiger partial charge in [-0.25, -0.2) is 4.98 Å². The fourth-order valence-electron chi connectivity index (χ4n) is 3.12. The smallest absolute Gasteiger partial charge is 0.273 e. The highest BCUT2D eigenvalue weighted by Gasteiger charge is 2.33. The summed E-state index contributed by atoms with van der Waals surface area (Å²) in [6.45, 7) is 2.24. The molecule has 1 unspecified atom stereocenters. The van der Waals surface area contributed by atoms with E-state index in [1.54, 1.807) is 41.3 Å². The Bertz CT molecular complexity index is 1170. The summed E-state index contributed by atoms with van der Waals surface area (Å²) in [6.07, 6.45) is 5.29. The minimum atomic E-state index is -0.650. The number of aromatic nitrogens is 5. The Morgan fingerprint density at radius 3 is 2.83 bits per heavy atom. The van der Waals surface area contributed by atoms with Gasteiger partial charge in [0, 0.05) is 37.6 Å². The molecule has 9 heteroatoms. The Hall–Kier alpha value is -3.52. The molecule has 1 amide bonds. The van der Waals surface area contributed by atoms with Crippen LogP contribution in [0.15, 0.2) is 65.6 Å². The predicted molar refractivity (Wildman–Crippen MR) is 111 cm³/mol. The highest BCUT2D eigenvalue weighted by molar-refractivity contribution is 6.29. The molecule has 4 aromatic heterocycles. The van der Waals surface area contributed by atoms with Crippen LogP contribution in [0.1, 0.15) is 28.7 Å². The summed E-state index contributed by atoms with van der Waals surface area (Å²) in [5.74, 6) is 0.0605. The Morgan fingerprint density at radius 1 is 1.27 bits per heavy atom. The van der Waals surface area contributed by atoms with Crippen LogP contribution in [0.2, 0.25) is 5.15 Å². The van der Waals surface area contributed by atoms with Crippen molar-refractivity contribution in [3.05, 3.63) is 83.2 Å². The summed E-state index contributed by atoms with van der Waals surface area (Å²) < 4.78 is 6.98. The van der Waals surface area contributed by atoms with Crippen molar-refractivity contribution in [1.29, 1.82) is 0 Å². The molecule has 8 nitrogen and oxygen atoms in total. The molecule has 152 valence electrons. The van der Waals surface area contributed by atoms with Gasteiger partial charge in [-0.1, -0.05) is 28.9 Å². The number of carbonyl (C=O) groups is 1.